The maximum absolute atomic E-state index is 13.6. The highest BCUT2D eigenvalue weighted by molar-refractivity contribution is 7.17. The molecular formula is C12H9ClFNO3S. The molecule has 100 valence electrons. The Kier molecular flexibility index (Phi) is 4.01. The molecule has 0 unspecified atom stereocenters. The molecule has 0 aliphatic rings. The third kappa shape index (κ3) is 2.69. The minimum atomic E-state index is -0.567. The number of nitrogens with zero attached hydrogens (tertiary/aromatic N) is 1. The summed E-state index contributed by atoms with van der Waals surface area (Å²) in [5, 5.41) is 0.482. The van der Waals surface area contributed by atoms with E-state index >= 15 is 0 Å². The van der Waals surface area contributed by atoms with Gasteiger partial charge in [0.1, 0.15) is 5.01 Å². The van der Waals surface area contributed by atoms with Crippen molar-refractivity contribution in [3.8, 4) is 16.3 Å². The maximum Gasteiger partial charge on any atom is 0.351 e. The van der Waals surface area contributed by atoms with Gasteiger partial charge in [0.05, 0.1) is 14.2 Å². The molecule has 0 aliphatic heterocycles. The highest BCUT2D eigenvalue weighted by atomic mass is 35.5. The largest absolute Gasteiger partial charge is 0.494 e. The highest BCUT2D eigenvalue weighted by Gasteiger charge is 2.18. The lowest BCUT2D eigenvalue weighted by molar-refractivity contribution is 0.0606. The van der Waals surface area contributed by atoms with Gasteiger partial charge in [0.25, 0.3) is 0 Å². The standard InChI is InChI=1S/C12H9ClFNO3S/c1-17-8-4-3-6(5-7(8)14)11-15-10(13)9(19-11)12(16)18-2/h3-5H,1-2H3. The van der Waals surface area contributed by atoms with Gasteiger partial charge < -0.3 is 9.47 Å². The minimum Gasteiger partial charge on any atom is -0.494 e. The van der Waals surface area contributed by atoms with Crippen molar-refractivity contribution in [2.24, 2.45) is 0 Å². The molecular weight excluding hydrogens is 293 g/mol. The molecule has 1 aromatic carbocycles. The summed E-state index contributed by atoms with van der Waals surface area (Å²) in [6.45, 7) is 0. The predicted molar refractivity (Wildman–Crippen MR) is 70.4 cm³/mol. The molecule has 0 N–H and O–H groups in total. The average Bonchev–Trinajstić information content (AvgIpc) is 2.80. The molecule has 0 saturated heterocycles. The average molecular weight is 302 g/mol. The molecule has 0 saturated carbocycles. The summed E-state index contributed by atoms with van der Waals surface area (Å²) >= 11 is 6.89. The fourth-order valence-corrected chi connectivity index (χ4v) is 2.64. The molecule has 0 aliphatic carbocycles. The molecule has 0 spiro atoms. The van der Waals surface area contributed by atoms with Crippen molar-refractivity contribution in [2.75, 3.05) is 14.2 Å². The van der Waals surface area contributed by atoms with Gasteiger partial charge in [-0.3, -0.25) is 0 Å². The molecule has 0 atom stereocenters. The molecule has 1 heterocycles. The van der Waals surface area contributed by atoms with E-state index in [9.17, 15) is 9.18 Å². The highest BCUT2D eigenvalue weighted by Crippen LogP contribution is 2.33. The lowest BCUT2D eigenvalue weighted by atomic mass is 10.2. The van der Waals surface area contributed by atoms with Crippen LogP contribution in [0.5, 0.6) is 5.75 Å². The van der Waals surface area contributed by atoms with Crippen LogP contribution in [0.4, 0.5) is 4.39 Å². The van der Waals surface area contributed by atoms with Crippen molar-refractivity contribution in [3.63, 3.8) is 0 Å². The Bertz CT molecular complexity index is 629. The summed E-state index contributed by atoms with van der Waals surface area (Å²) < 4.78 is 23.0. The molecule has 2 aromatic rings. The molecule has 0 radical (unpaired) electrons. The number of aromatic nitrogens is 1. The SMILES string of the molecule is COC(=O)c1sc(-c2ccc(OC)c(F)c2)nc1Cl. The van der Waals surface area contributed by atoms with E-state index < -0.39 is 11.8 Å². The zero-order valence-corrected chi connectivity index (χ0v) is 11.6. The normalized spacial score (nSPS) is 10.3. The molecule has 0 bridgehead atoms. The van der Waals surface area contributed by atoms with Gasteiger partial charge in [-0.15, -0.1) is 11.3 Å². The van der Waals surface area contributed by atoms with Crippen LogP contribution in [0.15, 0.2) is 18.2 Å². The Morgan fingerprint density at radius 1 is 1.42 bits per heavy atom. The Labute approximate surface area is 117 Å². The first kappa shape index (κ1) is 13.8. The second kappa shape index (κ2) is 5.54. The van der Waals surface area contributed by atoms with E-state index in [4.69, 9.17) is 16.3 Å². The van der Waals surface area contributed by atoms with Crippen LogP contribution in [0.3, 0.4) is 0 Å². The van der Waals surface area contributed by atoms with Crippen LogP contribution in [0.25, 0.3) is 10.6 Å². The number of ether oxygens (including phenoxy) is 2. The number of carbonyl (C=O) groups excluding carboxylic acids is 1. The van der Waals surface area contributed by atoms with Crippen LogP contribution >= 0.6 is 22.9 Å². The van der Waals surface area contributed by atoms with E-state index in [0.29, 0.717) is 10.6 Å². The third-order valence-electron chi connectivity index (χ3n) is 2.36. The summed E-state index contributed by atoms with van der Waals surface area (Å²) in [5.74, 6) is -0.937. The molecule has 0 fully saturated rings. The van der Waals surface area contributed by atoms with Crippen LogP contribution in [0, 0.1) is 5.82 Å². The molecule has 0 amide bonds. The number of halogens is 2. The molecule has 7 heteroatoms. The van der Waals surface area contributed by atoms with Gasteiger partial charge in [-0.1, -0.05) is 11.6 Å². The maximum atomic E-state index is 13.6. The van der Waals surface area contributed by atoms with Gasteiger partial charge in [0.15, 0.2) is 21.6 Å². The van der Waals surface area contributed by atoms with Gasteiger partial charge in [-0.2, -0.15) is 0 Å². The predicted octanol–water partition coefficient (Wildman–Crippen LogP) is 3.40. The number of thiazole rings is 1. The number of hydrogen-bond acceptors (Lipinski definition) is 5. The van der Waals surface area contributed by atoms with Crippen LogP contribution in [-0.4, -0.2) is 25.2 Å². The number of esters is 1. The molecule has 2 rings (SSSR count). The first-order chi connectivity index (χ1) is 9.06. The Balaban J connectivity index is 2.42. The van der Waals surface area contributed by atoms with Gasteiger partial charge in [0.2, 0.25) is 0 Å². The second-order valence-corrected chi connectivity index (χ2v) is 4.84. The fourth-order valence-electron chi connectivity index (χ4n) is 1.44. The van der Waals surface area contributed by atoms with Crippen molar-refractivity contribution in [3.05, 3.63) is 34.0 Å². The van der Waals surface area contributed by atoms with Crippen molar-refractivity contribution < 1.29 is 18.7 Å². The van der Waals surface area contributed by atoms with E-state index in [2.05, 4.69) is 9.72 Å². The number of benzene rings is 1. The van der Waals surface area contributed by atoms with Gasteiger partial charge in [0, 0.05) is 5.56 Å². The van der Waals surface area contributed by atoms with Crippen LogP contribution in [-0.2, 0) is 4.74 Å². The third-order valence-corrected chi connectivity index (χ3v) is 3.83. The Hall–Kier alpha value is -1.66. The van der Waals surface area contributed by atoms with Gasteiger partial charge >= 0.3 is 5.97 Å². The van der Waals surface area contributed by atoms with Crippen LogP contribution < -0.4 is 4.74 Å². The first-order valence-corrected chi connectivity index (χ1v) is 6.34. The van der Waals surface area contributed by atoms with Crippen molar-refractivity contribution in [1.29, 1.82) is 0 Å². The first-order valence-electron chi connectivity index (χ1n) is 5.15. The monoisotopic (exact) mass is 301 g/mol. The van der Waals surface area contributed by atoms with E-state index in [1.807, 2.05) is 0 Å². The molecule has 1 aromatic heterocycles. The van der Waals surface area contributed by atoms with Gasteiger partial charge in [-0.05, 0) is 18.2 Å². The van der Waals surface area contributed by atoms with Crippen molar-refractivity contribution in [2.45, 2.75) is 0 Å². The lowest BCUT2D eigenvalue weighted by Gasteiger charge is -2.02. The van der Waals surface area contributed by atoms with E-state index in [1.54, 1.807) is 6.07 Å². The fraction of sp³-hybridized carbons (Fsp3) is 0.167. The Morgan fingerprint density at radius 3 is 2.74 bits per heavy atom. The summed E-state index contributed by atoms with van der Waals surface area (Å²) in [4.78, 5) is 15.6. The Morgan fingerprint density at radius 2 is 2.16 bits per heavy atom. The topological polar surface area (TPSA) is 48.4 Å². The zero-order valence-electron chi connectivity index (χ0n) is 10.1. The summed E-state index contributed by atoms with van der Waals surface area (Å²) in [5.41, 5.74) is 0.514. The van der Waals surface area contributed by atoms with Gasteiger partial charge in [-0.25, -0.2) is 14.2 Å². The number of methoxy groups -OCH3 is 2. The quantitative estimate of drug-likeness (QED) is 0.815. The second-order valence-electron chi connectivity index (χ2n) is 3.48. The number of hydrogen-bond donors (Lipinski definition) is 0. The molecule has 4 nitrogen and oxygen atoms in total. The summed E-state index contributed by atoms with van der Waals surface area (Å²) in [6, 6.07) is 4.39. The lowest BCUT2D eigenvalue weighted by Crippen LogP contribution is -1.98. The number of rotatable bonds is 3. The molecule has 19 heavy (non-hydrogen) atoms. The van der Waals surface area contributed by atoms with Crippen LogP contribution in [0.2, 0.25) is 5.15 Å². The summed E-state index contributed by atoms with van der Waals surface area (Å²) in [7, 11) is 2.64. The zero-order chi connectivity index (χ0) is 14.0. The number of carbonyl (C=O) groups is 1. The minimum absolute atomic E-state index is 0.0445. The van der Waals surface area contributed by atoms with Crippen LogP contribution in [0.1, 0.15) is 9.67 Å². The van der Waals surface area contributed by atoms with Crippen molar-refractivity contribution in [1.82, 2.24) is 4.98 Å². The van der Waals surface area contributed by atoms with E-state index in [0.717, 1.165) is 11.3 Å². The van der Waals surface area contributed by atoms with E-state index in [-0.39, 0.29) is 15.8 Å². The van der Waals surface area contributed by atoms with Crippen molar-refractivity contribution >= 4 is 28.9 Å². The van der Waals surface area contributed by atoms with E-state index in [1.165, 1.54) is 26.4 Å². The summed E-state index contributed by atoms with van der Waals surface area (Å²) in [6.07, 6.45) is 0. The smallest absolute Gasteiger partial charge is 0.351 e.